The van der Waals surface area contributed by atoms with Crippen molar-refractivity contribution in [2.45, 2.75) is 32.1 Å². The Kier molecular flexibility index (Phi) is 5.34. The van der Waals surface area contributed by atoms with Gasteiger partial charge in [-0.3, -0.25) is 4.99 Å². The van der Waals surface area contributed by atoms with E-state index in [1.54, 1.807) is 0 Å². The molecule has 3 aliphatic rings. The minimum atomic E-state index is 0. The number of halogens is 1. The van der Waals surface area contributed by atoms with Gasteiger partial charge < -0.3 is 15.0 Å². The van der Waals surface area contributed by atoms with Crippen molar-refractivity contribution in [1.82, 2.24) is 10.2 Å². The third-order valence-corrected chi connectivity index (χ3v) is 4.67. The summed E-state index contributed by atoms with van der Waals surface area (Å²) in [5.74, 6) is 2.09. The molecule has 2 heterocycles. The monoisotopic (exact) mass is 379 g/mol. The van der Waals surface area contributed by atoms with E-state index in [0.717, 1.165) is 44.7 Å². The minimum absolute atomic E-state index is 0. The molecular weight excluding hydrogens is 353 g/mol. The number of hydrogen-bond acceptors (Lipinski definition) is 2. The summed E-state index contributed by atoms with van der Waals surface area (Å²) in [7, 11) is 1.90. The number of likely N-dealkylation sites (tertiary alicyclic amines) is 1. The van der Waals surface area contributed by atoms with E-state index in [1.807, 2.05) is 7.05 Å². The van der Waals surface area contributed by atoms with Crippen LogP contribution >= 0.6 is 24.0 Å². The van der Waals surface area contributed by atoms with Gasteiger partial charge in [0.2, 0.25) is 0 Å². The molecule has 5 heteroatoms. The van der Waals surface area contributed by atoms with Crippen LogP contribution in [0.4, 0.5) is 0 Å². The van der Waals surface area contributed by atoms with E-state index < -0.39 is 0 Å². The number of rotatable bonds is 3. The molecule has 1 atom stereocenters. The van der Waals surface area contributed by atoms with E-state index in [0.29, 0.717) is 5.41 Å². The highest BCUT2D eigenvalue weighted by atomic mass is 127. The molecule has 0 radical (unpaired) electrons. The molecule has 0 amide bonds. The fourth-order valence-electron chi connectivity index (χ4n) is 3.21. The smallest absolute Gasteiger partial charge is 0.193 e. The molecule has 3 rings (SSSR count). The molecular formula is C14H26IN3O. The van der Waals surface area contributed by atoms with Gasteiger partial charge >= 0.3 is 0 Å². The molecule has 1 saturated carbocycles. The van der Waals surface area contributed by atoms with Gasteiger partial charge in [0.15, 0.2) is 5.96 Å². The summed E-state index contributed by atoms with van der Waals surface area (Å²) in [6, 6.07) is 0. The molecule has 1 aliphatic carbocycles. The van der Waals surface area contributed by atoms with E-state index >= 15 is 0 Å². The number of hydrogen-bond donors (Lipinski definition) is 1. The highest BCUT2D eigenvalue weighted by Crippen LogP contribution is 2.38. The maximum atomic E-state index is 5.58. The number of nitrogens with zero attached hydrogens (tertiary/aromatic N) is 2. The van der Waals surface area contributed by atoms with Gasteiger partial charge in [0.05, 0.1) is 6.61 Å². The summed E-state index contributed by atoms with van der Waals surface area (Å²) in [4.78, 5) is 6.85. The van der Waals surface area contributed by atoms with Crippen LogP contribution in [0.3, 0.4) is 0 Å². The average molecular weight is 379 g/mol. The van der Waals surface area contributed by atoms with Crippen LogP contribution in [0.2, 0.25) is 0 Å². The quantitative estimate of drug-likeness (QED) is 0.464. The summed E-state index contributed by atoms with van der Waals surface area (Å²) in [5.41, 5.74) is 0.425. The molecule has 0 aromatic rings. The van der Waals surface area contributed by atoms with Gasteiger partial charge in [-0.05, 0) is 25.2 Å². The molecule has 1 spiro atoms. The second kappa shape index (κ2) is 6.61. The molecule has 2 aliphatic heterocycles. The largest absolute Gasteiger partial charge is 0.381 e. The molecule has 0 aromatic carbocycles. The van der Waals surface area contributed by atoms with Crippen LogP contribution in [-0.4, -0.2) is 50.8 Å². The lowest BCUT2D eigenvalue weighted by Crippen LogP contribution is -2.41. The Hall–Kier alpha value is -0.0400. The van der Waals surface area contributed by atoms with Gasteiger partial charge in [-0.1, -0.05) is 12.8 Å². The molecule has 2 saturated heterocycles. The van der Waals surface area contributed by atoms with Gasteiger partial charge in [-0.25, -0.2) is 0 Å². The lowest BCUT2D eigenvalue weighted by atomic mass is 9.87. The van der Waals surface area contributed by atoms with Crippen LogP contribution in [0.5, 0.6) is 0 Å². The molecule has 0 bridgehead atoms. The van der Waals surface area contributed by atoms with Crippen LogP contribution in [0.15, 0.2) is 4.99 Å². The van der Waals surface area contributed by atoms with E-state index in [9.17, 15) is 0 Å². The first kappa shape index (κ1) is 15.4. The Balaban J connectivity index is 0.00000133. The third-order valence-electron chi connectivity index (χ3n) is 4.67. The molecule has 3 fully saturated rings. The van der Waals surface area contributed by atoms with Crippen LogP contribution in [0.25, 0.3) is 0 Å². The predicted octanol–water partition coefficient (Wildman–Crippen LogP) is 2.09. The van der Waals surface area contributed by atoms with Crippen molar-refractivity contribution in [3.8, 4) is 0 Å². The Bertz CT molecular complexity index is 325. The highest BCUT2D eigenvalue weighted by Gasteiger charge is 2.42. The van der Waals surface area contributed by atoms with Crippen molar-refractivity contribution >= 4 is 29.9 Å². The lowest BCUT2D eigenvalue weighted by Gasteiger charge is -2.24. The van der Waals surface area contributed by atoms with Gasteiger partial charge in [-0.2, -0.15) is 0 Å². The summed E-state index contributed by atoms with van der Waals surface area (Å²) in [6.45, 7) is 5.23. The summed E-state index contributed by atoms with van der Waals surface area (Å²) in [5, 5.41) is 3.52. The SMILES string of the molecule is CN=C(NCCC1CC1)N1CCC2(CCOC2)C1.I. The molecule has 1 N–H and O–H groups in total. The van der Waals surface area contributed by atoms with E-state index in [-0.39, 0.29) is 24.0 Å². The topological polar surface area (TPSA) is 36.9 Å². The Morgan fingerprint density at radius 2 is 2.26 bits per heavy atom. The maximum absolute atomic E-state index is 5.58. The summed E-state index contributed by atoms with van der Waals surface area (Å²) < 4.78 is 5.58. The zero-order valence-electron chi connectivity index (χ0n) is 11.9. The Labute approximate surface area is 133 Å². The van der Waals surface area contributed by atoms with Crippen LogP contribution in [0, 0.1) is 11.3 Å². The molecule has 19 heavy (non-hydrogen) atoms. The number of guanidine groups is 1. The van der Waals surface area contributed by atoms with E-state index in [4.69, 9.17) is 4.74 Å². The maximum Gasteiger partial charge on any atom is 0.193 e. The van der Waals surface area contributed by atoms with E-state index in [2.05, 4.69) is 15.2 Å². The van der Waals surface area contributed by atoms with Crippen molar-refractivity contribution in [2.75, 3.05) is 39.9 Å². The second-order valence-electron chi connectivity index (χ2n) is 6.18. The second-order valence-corrected chi connectivity index (χ2v) is 6.18. The summed E-state index contributed by atoms with van der Waals surface area (Å²) >= 11 is 0. The number of nitrogens with one attached hydrogen (secondary N) is 1. The van der Waals surface area contributed by atoms with Crippen molar-refractivity contribution in [3.05, 3.63) is 0 Å². The average Bonchev–Trinajstić information content (AvgIpc) is 2.95. The van der Waals surface area contributed by atoms with Gasteiger partial charge in [0.25, 0.3) is 0 Å². The van der Waals surface area contributed by atoms with Crippen molar-refractivity contribution in [3.63, 3.8) is 0 Å². The molecule has 110 valence electrons. The molecule has 0 aromatic heterocycles. The van der Waals surface area contributed by atoms with Gasteiger partial charge in [0, 0.05) is 38.7 Å². The lowest BCUT2D eigenvalue weighted by molar-refractivity contribution is 0.156. The summed E-state index contributed by atoms with van der Waals surface area (Å²) in [6.07, 6.45) is 6.66. The third kappa shape index (κ3) is 3.74. The fraction of sp³-hybridized carbons (Fsp3) is 0.929. The normalized spacial score (nSPS) is 30.8. The Morgan fingerprint density at radius 3 is 2.89 bits per heavy atom. The first-order chi connectivity index (χ1) is 8.81. The van der Waals surface area contributed by atoms with Gasteiger partial charge in [-0.15, -0.1) is 24.0 Å². The number of aliphatic imine (C=N–C) groups is 1. The van der Waals surface area contributed by atoms with E-state index in [1.165, 1.54) is 32.1 Å². The first-order valence-corrected chi connectivity index (χ1v) is 7.35. The molecule has 1 unspecified atom stereocenters. The highest BCUT2D eigenvalue weighted by molar-refractivity contribution is 14.0. The fourth-order valence-corrected chi connectivity index (χ4v) is 3.21. The predicted molar refractivity (Wildman–Crippen MR) is 88.2 cm³/mol. The zero-order chi connectivity index (χ0) is 12.4. The number of ether oxygens (including phenoxy) is 1. The Morgan fingerprint density at radius 1 is 1.42 bits per heavy atom. The standard InChI is InChI=1S/C14H25N3O.HI/c1-15-13(16-7-4-12-2-3-12)17-8-5-14(10-17)6-9-18-11-14;/h12H,2-11H2,1H3,(H,15,16);1H. The van der Waals surface area contributed by atoms with Crippen molar-refractivity contribution < 1.29 is 4.74 Å². The molecule has 4 nitrogen and oxygen atoms in total. The zero-order valence-corrected chi connectivity index (χ0v) is 14.2. The van der Waals surface area contributed by atoms with Crippen LogP contribution in [0.1, 0.15) is 32.1 Å². The van der Waals surface area contributed by atoms with Crippen LogP contribution in [-0.2, 0) is 4.74 Å². The minimum Gasteiger partial charge on any atom is -0.381 e. The van der Waals surface area contributed by atoms with Crippen molar-refractivity contribution in [2.24, 2.45) is 16.3 Å². The van der Waals surface area contributed by atoms with Gasteiger partial charge in [0.1, 0.15) is 0 Å². The van der Waals surface area contributed by atoms with Crippen LogP contribution < -0.4 is 5.32 Å². The van der Waals surface area contributed by atoms with Crippen molar-refractivity contribution in [1.29, 1.82) is 0 Å². The first-order valence-electron chi connectivity index (χ1n) is 7.35.